The van der Waals surface area contributed by atoms with Crippen LogP contribution >= 0.6 is 0 Å². The third-order valence-electron chi connectivity index (χ3n) is 2.22. The van der Waals surface area contributed by atoms with E-state index in [2.05, 4.69) is 14.6 Å². The normalized spacial score (nSPS) is 10.8. The van der Waals surface area contributed by atoms with Crippen molar-refractivity contribution in [2.45, 2.75) is 0 Å². The van der Waals surface area contributed by atoms with Gasteiger partial charge in [-0.1, -0.05) is 6.07 Å². The number of nitrogens with zero attached hydrogens (tertiary/aromatic N) is 2. The summed E-state index contributed by atoms with van der Waals surface area (Å²) in [6.45, 7) is 0. The fourth-order valence-electron chi connectivity index (χ4n) is 1.34. The molecule has 0 spiro atoms. The van der Waals surface area contributed by atoms with Crippen molar-refractivity contribution >= 4 is 11.4 Å². The largest absolute Gasteiger partial charge is 0.494 e. The topological polar surface area (TPSA) is 84.4 Å². The fraction of sp³-hybridized carbons (Fsp3) is 0.0833. The van der Waals surface area contributed by atoms with Crippen LogP contribution in [0.2, 0.25) is 0 Å². The smallest absolute Gasteiger partial charge is 0.338 e. The van der Waals surface area contributed by atoms with Crippen LogP contribution in [0.4, 0.5) is 15.8 Å². The third-order valence-corrected chi connectivity index (χ3v) is 2.22. The first-order valence-electron chi connectivity index (χ1n) is 5.19. The zero-order valence-electron chi connectivity index (χ0n) is 9.83. The molecule has 0 amide bonds. The molecule has 19 heavy (non-hydrogen) atoms. The molecule has 2 aromatic rings. The maximum atomic E-state index is 13.5. The zero-order valence-corrected chi connectivity index (χ0v) is 9.83. The second-order valence-electron chi connectivity index (χ2n) is 3.44. The lowest BCUT2D eigenvalue weighted by atomic mass is 10.3. The molecule has 0 aliphatic rings. The second kappa shape index (κ2) is 5.30. The lowest BCUT2D eigenvalue weighted by molar-refractivity contribution is 0.311. The number of azo groups is 1. The molecular formula is C12H9FN2O4. The average molecular weight is 264 g/mol. The first-order valence-corrected chi connectivity index (χ1v) is 5.19. The third kappa shape index (κ3) is 2.76. The van der Waals surface area contributed by atoms with Gasteiger partial charge < -0.3 is 14.3 Å². The number of methoxy groups -OCH3 is 1. The van der Waals surface area contributed by atoms with Crippen LogP contribution in [0.5, 0.6) is 11.7 Å². The zero-order chi connectivity index (χ0) is 13.8. The van der Waals surface area contributed by atoms with Crippen molar-refractivity contribution in [1.82, 2.24) is 0 Å². The van der Waals surface area contributed by atoms with Gasteiger partial charge >= 0.3 is 11.6 Å². The molecule has 2 rings (SSSR count). The number of aromatic hydroxyl groups is 1. The second-order valence-corrected chi connectivity index (χ2v) is 3.44. The van der Waals surface area contributed by atoms with E-state index in [1.807, 2.05) is 0 Å². The molecule has 0 unspecified atom stereocenters. The predicted octanol–water partition coefficient (Wildman–Crippen LogP) is 2.91. The average Bonchev–Trinajstić information content (AvgIpc) is 2.39. The SMILES string of the molecule is COc1cccc(F)c1N=Nc1ccc(=O)oc1O. The Morgan fingerprint density at radius 2 is 2.05 bits per heavy atom. The van der Waals surface area contributed by atoms with Gasteiger partial charge in [-0.05, 0) is 18.2 Å². The maximum Gasteiger partial charge on any atom is 0.338 e. The molecule has 0 aliphatic carbocycles. The molecule has 0 aliphatic heterocycles. The number of rotatable bonds is 3. The minimum absolute atomic E-state index is 0.0927. The Morgan fingerprint density at radius 1 is 1.26 bits per heavy atom. The summed E-state index contributed by atoms with van der Waals surface area (Å²) in [5.41, 5.74) is -0.930. The van der Waals surface area contributed by atoms with E-state index in [4.69, 9.17) is 4.74 Å². The molecule has 0 radical (unpaired) electrons. The van der Waals surface area contributed by atoms with Gasteiger partial charge in [0.05, 0.1) is 7.11 Å². The Balaban J connectivity index is 2.40. The van der Waals surface area contributed by atoms with E-state index in [0.717, 1.165) is 6.07 Å². The van der Waals surface area contributed by atoms with Crippen LogP contribution in [-0.2, 0) is 0 Å². The van der Waals surface area contributed by atoms with Crippen molar-refractivity contribution in [2.24, 2.45) is 10.2 Å². The molecular weight excluding hydrogens is 255 g/mol. The molecule has 0 atom stereocenters. The van der Waals surface area contributed by atoms with Crippen molar-refractivity contribution in [2.75, 3.05) is 7.11 Å². The summed E-state index contributed by atoms with van der Waals surface area (Å²) < 4.78 is 22.9. The summed E-state index contributed by atoms with van der Waals surface area (Å²) in [7, 11) is 1.37. The number of hydrogen-bond acceptors (Lipinski definition) is 6. The quantitative estimate of drug-likeness (QED) is 0.864. The van der Waals surface area contributed by atoms with Gasteiger partial charge in [-0.3, -0.25) is 0 Å². The van der Waals surface area contributed by atoms with Crippen molar-refractivity contribution in [3.63, 3.8) is 0 Å². The molecule has 1 N–H and O–H groups in total. The number of halogens is 1. The first-order chi connectivity index (χ1) is 9.11. The highest BCUT2D eigenvalue weighted by atomic mass is 19.1. The first kappa shape index (κ1) is 12.7. The molecule has 0 saturated heterocycles. The Labute approximate surface area is 106 Å². The fourth-order valence-corrected chi connectivity index (χ4v) is 1.34. The van der Waals surface area contributed by atoms with Gasteiger partial charge in [0, 0.05) is 6.07 Å². The van der Waals surface area contributed by atoms with E-state index in [1.54, 1.807) is 0 Å². The van der Waals surface area contributed by atoms with Gasteiger partial charge in [-0.15, -0.1) is 10.2 Å². The summed E-state index contributed by atoms with van der Waals surface area (Å²) in [4.78, 5) is 10.8. The molecule has 98 valence electrons. The van der Waals surface area contributed by atoms with Gasteiger partial charge in [-0.2, -0.15) is 0 Å². The van der Waals surface area contributed by atoms with Gasteiger partial charge in [-0.25, -0.2) is 9.18 Å². The van der Waals surface area contributed by atoms with Gasteiger partial charge in [0.15, 0.2) is 17.2 Å². The molecule has 7 heteroatoms. The number of ether oxygens (including phenoxy) is 1. The molecule has 1 aromatic carbocycles. The summed E-state index contributed by atoms with van der Waals surface area (Å²) in [5.74, 6) is -1.12. The number of hydrogen-bond donors (Lipinski definition) is 1. The molecule has 0 bridgehead atoms. The highest BCUT2D eigenvalue weighted by molar-refractivity contribution is 5.53. The van der Waals surface area contributed by atoms with Gasteiger partial charge in [0.1, 0.15) is 5.75 Å². The van der Waals surface area contributed by atoms with E-state index in [1.165, 1.54) is 31.4 Å². The summed E-state index contributed by atoms with van der Waals surface area (Å²) in [5, 5.41) is 16.6. The van der Waals surface area contributed by atoms with Crippen molar-refractivity contribution in [3.05, 3.63) is 46.6 Å². The Hall–Kier alpha value is -2.70. The van der Waals surface area contributed by atoms with E-state index in [0.29, 0.717) is 0 Å². The van der Waals surface area contributed by atoms with Gasteiger partial charge in [0.2, 0.25) is 0 Å². The van der Waals surface area contributed by atoms with Crippen molar-refractivity contribution in [1.29, 1.82) is 0 Å². The van der Waals surface area contributed by atoms with E-state index in [9.17, 15) is 14.3 Å². The Bertz CT molecular complexity index is 682. The minimum Gasteiger partial charge on any atom is -0.494 e. The standard InChI is InChI=1S/C12H9FN2O4/c1-18-9-4-2-3-7(13)11(9)15-14-8-5-6-10(16)19-12(8)17/h2-6,17H,1H3. The molecule has 1 heterocycles. The van der Waals surface area contributed by atoms with Crippen LogP contribution < -0.4 is 10.4 Å². The summed E-state index contributed by atoms with van der Waals surface area (Å²) in [6, 6.07) is 6.45. The van der Waals surface area contributed by atoms with Crippen LogP contribution in [0.25, 0.3) is 0 Å². The van der Waals surface area contributed by atoms with E-state index < -0.39 is 17.4 Å². The maximum absolute atomic E-state index is 13.5. The monoisotopic (exact) mass is 264 g/mol. The highest BCUT2D eigenvalue weighted by Gasteiger charge is 2.09. The minimum atomic E-state index is -0.722. The summed E-state index contributed by atoms with van der Waals surface area (Å²) in [6.07, 6.45) is 0. The molecule has 1 aromatic heterocycles. The van der Waals surface area contributed by atoms with Crippen molar-refractivity contribution < 1.29 is 18.7 Å². The number of benzene rings is 1. The lowest BCUT2D eigenvalue weighted by Gasteiger charge is -2.03. The lowest BCUT2D eigenvalue weighted by Crippen LogP contribution is -1.92. The van der Waals surface area contributed by atoms with Gasteiger partial charge in [0.25, 0.3) is 0 Å². The van der Waals surface area contributed by atoms with Crippen LogP contribution in [-0.4, -0.2) is 12.2 Å². The summed E-state index contributed by atoms with van der Waals surface area (Å²) >= 11 is 0. The molecule has 6 nitrogen and oxygen atoms in total. The van der Waals surface area contributed by atoms with Crippen LogP contribution in [0.15, 0.2) is 49.8 Å². The molecule has 0 fully saturated rings. The van der Waals surface area contributed by atoms with Crippen molar-refractivity contribution in [3.8, 4) is 11.7 Å². The van der Waals surface area contributed by atoms with Crippen LogP contribution in [0.1, 0.15) is 0 Å². The highest BCUT2D eigenvalue weighted by Crippen LogP contribution is 2.33. The van der Waals surface area contributed by atoms with Crippen LogP contribution in [0.3, 0.4) is 0 Å². The Morgan fingerprint density at radius 3 is 2.74 bits per heavy atom. The van der Waals surface area contributed by atoms with E-state index >= 15 is 0 Å². The van der Waals surface area contributed by atoms with E-state index in [-0.39, 0.29) is 17.1 Å². The predicted molar refractivity (Wildman–Crippen MR) is 63.8 cm³/mol. The molecule has 0 saturated carbocycles. The van der Waals surface area contributed by atoms with Crippen LogP contribution in [0, 0.1) is 5.82 Å². The Kier molecular flexibility index (Phi) is 3.56.